The summed E-state index contributed by atoms with van der Waals surface area (Å²) < 4.78 is 0. The van der Waals surface area contributed by atoms with Crippen molar-refractivity contribution in [2.24, 2.45) is 0 Å². The van der Waals surface area contributed by atoms with Crippen molar-refractivity contribution in [3.8, 4) is 0 Å². The number of likely N-dealkylation sites (N-methyl/N-ethyl adjacent to an activating group) is 1. The molecule has 0 bridgehead atoms. The molecule has 1 rings (SSSR count). The fourth-order valence-electron chi connectivity index (χ4n) is 0.955. The molecule has 0 aliphatic carbocycles. The molecule has 1 heterocycles. The molecule has 0 aromatic carbocycles. The summed E-state index contributed by atoms with van der Waals surface area (Å²) in [4.78, 5) is 23.7. The topological polar surface area (TPSA) is 49.4 Å². The van der Waals surface area contributed by atoms with E-state index in [-0.39, 0.29) is 18.4 Å². The average molecular weight is 156 g/mol. The number of nitrogens with zero attached hydrogens (tertiary/aromatic N) is 1. The van der Waals surface area contributed by atoms with Crippen LogP contribution in [0.3, 0.4) is 0 Å². The second-order valence-corrected chi connectivity index (χ2v) is 3.19. The maximum atomic E-state index is 11.2. The first-order chi connectivity index (χ1) is 4.96. The van der Waals surface area contributed by atoms with Crippen LogP contribution in [0.1, 0.15) is 13.8 Å². The van der Waals surface area contributed by atoms with Crippen molar-refractivity contribution >= 4 is 11.8 Å². The molecule has 0 atom stereocenters. The van der Waals surface area contributed by atoms with E-state index in [1.54, 1.807) is 20.9 Å². The lowest BCUT2D eigenvalue weighted by molar-refractivity contribution is -0.149. The first-order valence-corrected chi connectivity index (χ1v) is 3.51. The molecule has 1 fully saturated rings. The predicted molar refractivity (Wildman–Crippen MR) is 39.9 cm³/mol. The van der Waals surface area contributed by atoms with Gasteiger partial charge in [-0.15, -0.1) is 0 Å². The Morgan fingerprint density at radius 3 is 2.45 bits per heavy atom. The average Bonchev–Trinajstić information content (AvgIpc) is 1.95. The highest BCUT2D eigenvalue weighted by Gasteiger charge is 2.38. The van der Waals surface area contributed by atoms with Crippen LogP contribution in [0.2, 0.25) is 0 Å². The number of hydrogen-bond acceptors (Lipinski definition) is 2. The van der Waals surface area contributed by atoms with Crippen LogP contribution in [0.15, 0.2) is 0 Å². The van der Waals surface area contributed by atoms with Crippen LogP contribution in [0.4, 0.5) is 0 Å². The lowest BCUT2D eigenvalue weighted by atomic mass is 10.00. The molecule has 0 radical (unpaired) electrons. The van der Waals surface area contributed by atoms with E-state index in [2.05, 4.69) is 5.32 Å². The highest BCUT2D eigenvalue weighted by molar-refractivity contribution is 5.97. The standard InChI is InChI=1S/C7H12N2O2/c1-7(2)6(11)8-4-5(10)9(7)3/h4H2,1-3H3,(H,8,11). The summed E-state index contributed by atoms with van der Waals surface area (Å²) in [5.41, 5.74) is -0.699. The van der Waals surface area contributed by atoms with Gasteiger partial charge in [0.15, 0.2) is 0 Å². The van der Waals surface area contributed by atoms with Gasteiger partial charge in [0.05, 0.1) is 6.54 Å². The van der Waals surface area contributed by atoms with E-state index in [1.807, 2.05) is 0 Å². The van der Waals surface area contributed by atoms with Gasteiger partial charge in [0.25, 0.3) is 0 Å². The Morgan fingerprint density at radius 2 is 2.00 bits per heavy atom. The van der Waals surface area contributed by atoms with Crippen LogP contribution in [-0.4, -0.2) is 35.8 Å². The van der Waals surface area contributed by atoms with Gasteiger partial charge in [-0.2, -0.15) is 0 Å². The molecule has 1 aliphatic rings. The summed E-state index contributed by atoms with van der Waals surface area (Å²) in [6.45, 7) is 3.57. The third kappa shape index (κ3) is 1.08. The van der Waals surface area contributed by atoms with Crippen LogP contribution >= 0.6 is 0 Å². The number of hydrogen-bond donors (Lipinski definition) is 1. The Bertz CT molecular complexity index is 210. The third-order valence-electron chi connectivity index (χ3n) is 2.17. The third-order valence-corrected chi connectivity index (χ3v) is 2.17. The SMILES string of the molecule is CN1C(=O)CNC(=O)C1(C)C. The van der Waals surface area contributed by atoms with Crippen LogP contribution in [-0.2, 0) is 9.59 Å². The van der Waals surface area contributed by atoms with Crippen molar-refractivity contribution in [2.75, 3.05) is 13.6 Å². The van der Waals surface area contributed by atoms with E-state index in [1.165, 1.54) is 4.90 Å². The Morgan fingerprint density at radius 1 is 1.45 bits per heavy atom. The van der Waals surface area contributed by atoms with Crippen LogP contribution in [0, 0.1) is 0 Å². The van der Waals surface area contributed by atoms with E-state index in [4.69, 9.17) is 0 Å². The van der Waals surface area contributed by atoms with Gasteiger partial charge in [-0.1, -0.05) is 0 Å². The minimum Gasteiger partial charge on any atom is -0.345 e. The molecule has 2 amide bonds. The Labute approximate surface area is 65.6 Å². The number of carbonyl (C=O) groups is 2. The lowest BCUT2D eigenvalue weighted by Crippen LogP contribution is -2.62. The highest BCUT2D eigenvalue weighted by atomic mass is 16.2. The number of carbonyl (C=O) groups excluding carboxylic acids is 2. The van der Waals surface area contributed by atoms with Gasteiger partial charge >= 0.3 is 0 Å². The fraction of sp³-hybridized carbons (Fsp3) is 0.714. The van der Waals surface area contributed by atoms with Gasteiger partial charge in [-0.25, -0.2) is 0 Å². The maximum absolute atomic E-state index is 11.2. The quantitative estimate of drug-likeness (QED) is 0.507. The van der Waals surface area contributed by atoms with Crippen molar-refractivity contribution in [3.63, 3.8) is 0 Å². The van der Waals surface area contributed by atoms with Crippen LogP contribution < -0.4 is 5.32 Å². The first kappa shape index (κ1) is 8.04. The lowest BCUT2D eigenvalue weighted by Gasteiger charge is -2.38. The normalized spacial score (nSPS) is 23.4. The summed E-state index contributed by atoms with van der Waals surface area (Å²) in [5.74, 6) is -0.144. The second-order valence-electron chi connectivity index (χ2n) is 3.19. The zero-order chi connectivity index (χ0) is 8.65. The summed E-state index contributed by atoms with van der Waals surface area (Å²) in [6, 6.07) is 0. The summed E-state index contributed by atoms with van der Waals surface area (Å²) in [5, 5.41) is 2.52. The summed E-state index contributed by atoms with van der Waals surface area (Å²) >= 11 is 0. The maximum Gasteiger partial charge on any atom is 0.245 e. The minimum absolute atomic E-state index is 0.0467. The van der Waals surface area contributed by atoms with E-state index in [0.29, 0.717) is 0 Å². The Hall–Kier alpha value is -1.06. The molecular weight excluding hydrogens is 144 g/mol. The van der Waals surface area contributed by atoms with Crippen molar-refractivity contribution in [1.82, 2.24) is 10.2 Å². The van der Waals surface area contributed by atoms with Gasteiger partial charge in [0.2, 0.25) is 11.8 Å². The summed E-state index contributed by atoms with van der Waals surface area (Å²) in [7, 11) is 1.64. The Balaban J connectivity index is 2.89. The van der Waals surface area contributed by atoms with Crippen LogP contribution in [0.25, 0.3) is 0 Å². The molecule has 1 N–H and O–H groups in total. The van der Waals surface area contributed by atoms with E-state index >= 15 is 0 Å². The van der Waals surface area contributed by atoms with Gasteiger partial charge in [-0.3, -0.25) is 9.59 Å². The molecule has 0 unspecified atom stereocenters. The number of rotatable bonds is 0. The number of piperazine rings is 1. The molecule has 0 aromatic rings. The number of amides is 2. The number of nitrogens with one attached hydrogen (secondary N) is 1. The Kier molecular flexibility index (Phi) is 1.62. The molecule has 1 saturated heterocycles. The van der Waals surface area contributed by atoms with E-state index in [0.717, 1.165) is 0 Å². The highest BCUT2D eigenvalue weighted by Crippen LogP contribution is 2.15. The molecule has 4 nitrogen and oxygen atoms in total. The molecule has 62 valence electrons. The van der Waals surface area contributed by atoms with Gasteiger partial charge in [-0.05, 0) is 13.8 Å². The molecule has 0 aromatic heterocycles. The molecule has 11 heavy (non-hydrogen) atoms. The predicted octanol–water partition coefficient (Wildman–Crippen LogP) is -0.647. The van der Waals surface area contributed by atoms with Crippen LogP contribution in [0.5, 0.6) is 0 Å². The van der Waals surface area contributed by atoms with Crippen molar-refractivity contribution in [2.45, 2.75) is 19.4 Å². The smallest absolute Gasteiger partial charge is 0.245 e. The molecule has 0 saturated carbocycles. The second kappa shape index (κ2) is 2.22. The van der Waals surface area contributed by atoms with Crippen molar-refractivity contribution < 1.29 is 9.59 Å². The van der Waals surface area contributed by atoms with Gasteiger partial charge in [0, 0.05) is 7.05 Å². The van der Waals surface area contributed by atoms with Crippen molar-refractivity contribution in [3.05, 3.63) is 0 Å². The molecular formula is C7H12N2O2. The van der Waals surface area contributed by atoms with E-state index < -0.39 is 5.54 Å². The largest absolute Gasteiger partial charge is 0.345 e. The van der Waals surface area contributed by atoms with E-state index in [9.17, 15) is 9.59 Å². The fourth-order valence-corrected chi connectivity index (χ4v) is 0.955. The molecule has 0 spiro atoms. The zero-order valence-corrected chi connectivity index (χ0v) is 6.97. The minimum atomic E-state index is -0.699. The van der Waals surface area contributed by atoms with Gasteiger partial charge in [0.1, 0.15) is 5.54 Å². The first-order valence-electron chi connectivity index (χ1n) is 3.51. The molecule has 1 aliphatic heterocycles. The zero-order valence-electron chi connectivity index (χ0n) is 6.97. The molecule has 4 heteroatoms. The van der Waals surface area contributed by atoms with Crippen molar-refractivity contribution in [1.29, 1.82) is 0 Å². The van der Waals surface area contributed by atoms with Gasteiger partial charge < -0.3 is 10.2 Å². The summed E-state index contributed by atoms with van der Waals surface area (Å²) in [6.07, 6.45) is 0. The monoisotopic (exact) mass is 156 g/mol.